The summed E-state index contributed by atoms with van der Waals surface area (Å²) in [4.78, 5) is 11.5. The van der Waals surface area contributed by atoms with Crippen LogP contribution in [0.2, 0.25) is 0 Å². The molecule has 1 N–H and O–H groups in total. The Labute approximate surface area is 103 Å². The fourth-order valence-corrected chi connectivity index (χ4v) is 1.49. The molecule has 90 valence electrons. The molecule has 7 nitrogen and oxygen atoms in total. The average molecular weight is 242 g/mol. The molecule has 1 aromatic heterocycles. The van der Waals surface area contributed by atoms with E-state index in [-0.39, 0.29) is 12.3 Å². The van der Waals surface area contributed by atoms with E-state index in [1.54, 1.807) is 18.2 Å². The molecule has 0 aliphatic heterocycles. The van der Waals surface area contributed by atoms with Crippen LogP contribution in [-0.2, 0) is 4.79 Å². The first kappa shape index (κ1) is 11.7. The van der Waals surface area contributed by atoms with Crippen molar-refractivity contribution in [1.29, 1.82) is 5.26 Å². The van der Waals surface area contributed by atoms with Crippen LogP contribution in [0.4, 0.5) is 5.69 Å². The SMILES string of the molecule is Cc1ccc(-n2cnnn2)c(NC(=O)CC#N)c1. The Kier molecular flexibility index (Phi) is 3.29. The van der Waals surface area contributed by atoms with Crippen LogP contribution in [0.15, 0.2) is 24.5 Å². The van der Waals surface area contributed by atoms with Gasteiger partial charge in [-0.3, -0.25) is 4.79 Å². The Hall–Kier alpha value is -2.75. The Balaban J connectivity index is 2.36. The summed E-state index contributed by atoms with van der Waals surface area (Å²) in [6.07, 6.45) is 1.24. The molecule has 18 heavy (non-hydrogen) atoms. The van der Waals surface area contributed by atoms with Crippen LogP contribution >= 0.6 is 0 Å². The molecule has 2 rings (SSSR count). The van der Waals surface area contributed by atoms with Crippen LogP contribution in [0.25, 0.3) is 5.69 Å². The number of amides is 1. The monoisotopic (exact) mass is 242 g/mol. The van der Waals surface area contributed by atoms with Crippen LogP contribution in [-0.4, -0.2) is 26.1 Å². The van der Waals surface area contributed by atoms with Gasteiger partial charge in [0.05, 0.1) is 17.4 Å². The first-order valence-electron chi connectivity index (χ1n) is 5.21. The van der Waals surface area contributed by atoms with Crippen LogP contribution in [0, 0.1) is 18.3 Å². The molecular formula is C11H10N6O. The van der Waals surface area contributed by atoms with Crippen molar-refractivity contribution in [2.45, 2.75) is 13.3 Å². The number of nitrogens with one attached hydrogen (secondary N) is 1. The molecule has 2 aromatic rings. The zero-order chi connectivity index (χ0) is 13.0. The molecule has 0 aliphatic rings. The highest BCUT2D eigenvalue weighted by atomic mass is 16.1. The van der Waals surface area contributed by atoms with Crippen LogP contribution < -0.4 is 5.32 Å². The van der Waals surface area contributed by atoms with Crippen LogP contribution in [0.1, 0.15) is 12.0 Å². The molecule has 0 bridgehead atoms. The number of nitrogens with zero attached hydrogens (tertiary/aromatic N) is 5. The van der Waals surface area contributed by atoms with Gasteiger partial charge in [-0.2, -0.15) is 9.94 Å². The normalized spacial score (nSPS) is 9.78. The summed E-state index contributed by atoms with van der Waals surface area (Å²) in [5, 5.41) is 22.0. The molecule has 0 radical (unpaired) electrons. The average Bonchev–Trinajstić information content (AvgIpc) is 2.83. The third-order valence-electron chi connectivity index (χ3n) is 2.26. The zero-order valence-corrected chi connectivity index (χ0v) is 9.66. The lowest BCUT2D eigenvalue weighted by Crippen LogP contribution is -2.13. The fourth-order valence-electron chi connectivity index (χ4n) is 1.49. The molecule has 0 aliphatic carbocycles. The van der Waals surface area contributed by atoms with Gasteiger partial charge in [0, 0.05) is 0 Å². The van der Waals surface area contributed by atoms with Gasteiger partial charge in [0.1, 0.15) is 12.7 Å². The number of hydrogen-bond acceptors (Lipinski definition) is 5. The summed E-state index contributed by atoms with van der Waals surface area (Å²) in [7, 11) is 0. The minimum atomic E-state index is -0.363. The van der Waals surface area contributed by atoms with Gasteiger partial charge in [0.25, 0.3) is 0 Å². The number of carbonyl (C=O) groups is 1. The molecule has 0 saturated heterocycles. The molecule has 7 heteroatoms. The Morgan fingerprint density at radius 3 is 3.06 bits per heavy atom. The number of tetrazole rings is 1. The summed E-state index contributed by atoms with van der Waals surface area (Å²) in [6.45, 7) is 1.91. The standard InChI is InChI=1S/C11H10N6O/c1-8-2-3-10(17-7-13-15-16-17)9(6-8)14-11(18)4-5-12/h2-3,6-7H,4H2,1H3,(H,14,18). The highest BCUT2D eigenvalue weighted by Gasteiger charge is 2.09. The number of hydrogen-bond donors (Lipinski definition) is 1. The van der Waals surface area contributed by atoms with Crippen LogP contribution in [0.3, 0.4) is 0 Å². The largest absolute Gasteiger partial charge is 0.323 e. The van der Waals surface area contributed by atoms with E-state index in [9.17, 15) is 4.79 Å². The van der Waals surface area contributed by atoms with Gasteiger partial charge in [-0.15, -0.1) is 5.10 Å². The molecule has 0 fully saturated rings. The first-order valence-corrected chi connectivity index (χ1v) is 5.21. The van der Waals surface area contributed by atoms with Crippen LogP contribution in [0.5, 0.6) is 0 Å². The minimum Gasteiger partial charge on any atom is -0.323 e. The molecule has 0 atom stereocenters. The maximum absolute atomic E-state index is 11.5. The summed E-state index contributed by atoms with van der Waals surface area (Å²) >= 11 is 0. The van der Waals surface area contributed by atoms with Gasteiger partial charge in [0.15, 0.2) is 0 Å². The summed E-state index contributed by atoms with van der Waals surface area (Å²) in [6, 6.07) is 7.28. The van der Waals surface area contributed by atoms with Crippen molar-refractivity contribution >= 4 is 11.6 Å². The maximum Gasteiger partial charge on any atom is 0.238 e. The zero-order valence-electron chi connectivity index (χ0n) is 9.66. The predicted octanol–water partition coefficient (Wildman–Crippen LogP) is 0.823. The number of aryl methyl sites for hydroxylation is 1. The summed E-state index contributed by atoms with van der Waals surface area (Å²) in [5.41, 5.74) is 2.21. The molecule has 1 aromatic carbocycles. The smallest absolute Gasteiger partial charge is 0.238 e. The van der Waals surface area contributed by atoms with Gasteiger partial charge in [-0.1, -0.05) is 6.07 Å². The lowest BCUT2D eigenvalue weighted by atomic mass is 10.2. The Morgan fingerprint density at radius 1 is 1.56 bits per heavy atom. The van der Waals surface area contributed by atoms with E-state index in [1.807, 2.05) is 13.0 Å². The van der Waals surface area contributed by atoms with E-state index in [0.717, 1.165) is 5.56 Å². The van der Waals surface area contributed by atoms with Crippen molar-refractivity contribution in [2.75, 3.05) is 5.32 Å². The molecule has 0 saturated carbocycles. The first-order chi connectivity index (χ1) is 8.70. The van der Waals surface area contributed by atoms with E-state index in [2.05, 4.69) is 20.8 Å². The van der Waals surface area contributed by atoms with Crippen molar-refractivity contribution < 1.29 is 4.79 Å². The number of anilines is 1. The lowest BCUT2D eigenvalue weighted by Gasteiger charge is -2.10. The Morgan fingerprint density at radius 2 is 2.39 bits per heavy atom. The molecule has 0 spiro atoms. The number of nitriles is 1. The number of rotatable bonds is 3. The molecular weight excluding hydrogens is 232 g/mol. The Bertz CT molecular complexity index is 598. The van der Waals surface area contributed by atoms with E-state index in [4.69, 9.17) is 5.26 Å². The van der Waals surface area contributed by atoms with E-state index < -0.39 is 0 Å². The van der Waals surface area contributed by atoms with Gasteiger partial charge in [-0.25, -0.2) is 0 Å². The third-order valence-corrected chi connectivity index (χ3v) is 2.26. The molecule has 0 unspecified atom stereocenters. The quantitative estimate of drug-likeness (QED) is 0.859. The lowest BCUT2D eigenvalue weighted by molar-refractivity contribution is -0.115. The topological polar surface area (TPSA) is 96.5 Å². The molecule has 1 heterocycles. The second-order valence-corrected chi connectivity index (χ2v) is 3.66. The van der Waals surface area contributed by atoms with Crippen molar-refractivity contribution in [1.82, 2.24) is 20.2 Å². The second kappa shape index (κ2) is 5.05. The minimum absolute atomic E-state index is 0.191. The van der Waals surface area contributed by atoms with E-state index >= 15 is 0 Å². The van der Waals surface area contributed by atoms with Gasteiger partial charge in [-0.05, 0) is 35.0 Å². The van der Waals surface area contributed by atoms with Gasteiger partial charge in [0.2, 0.25) is 5.91 Å². The van der Waals surface area contributed by atoms with E-state index in [0.29, 0.717) is 11.4 Å². The van der Waals surface area contributed by atoms with Crippen molar-refractivity contribution in [3.05, 3.63) is 30.1 Å². The predicted molar refractivity (Wildman–Crippen MR) is 62.8 cm³/mol. The highest BCUT2D eigenvalue weighted by Crippen LogP contribution is 2.20. The van der Waals surface area contributed by atoms with Crippen molar-refractivity contribution in [2.24, 2.45) is 0 Å². The van der Waals surface area contributed by atoms with Crippen molar-refractivity contribution in [3.8, 4) is 11.8 Å². The molecule has 1 amide bonds. The number of carbonyl (C=O) groups excluding carboxylic acids is 1. The van der Waals surface area contributed by atoms with E-state index in [1.165, 1.54) is 11.0 Å². The highest BCUT2D eigenvalue weighted by molar-refractivity contribution is 5.94. The third kappa shape index (κ3) is 2.49. The van der Waals surface area contributed by atoms with Crippen molar-refractivity contribution in [3.63, 3.8) is 0 Å². The number of aromatic nitrogens is 4. The summed E-state index contributed by atoms with van der Waals surface area (Å²) < 4.78 is 1.45. The number of benzene rings is 1. The second-order valence-electron chi connectivity index (χ2n) is 3.66. The van der Waals surface area contributed by atoms with Gasteiger partial charge >= 0.3 is 0 Å². The maximum atomic E-state index is 11.5. The van der Waals surface area contributed by atoms with Gasteiger partial charge < -0.3 is 5.32 Å². The summed E-state index contributed by atoms with van der Waals surface area (Å²) in [5.74, 6) is -0.363. The fraction of sp³-hybridized carbons (Fsp3) is 0.182.